The van der Waals surface area contributed by atoms with Crippen molar-refractivity contribution in [2.45, 2.75) is 45.3 Å². The average molecular weight is 233 g/mol. The predicted octanol–water partition coefficient (Wildman–Crippen LogP) is 3.53. The summed E-state index contributed by atoms with van der Waals surface area (Å²) in [7, 11) is 2.03. The highest BCUT2D eigenvalue weighted by atomic mass is 16.5. The van der Waals surface area contributed by atoms with Crippen LogP contribution in [0.4, 0.5) is 0 Å². The number of rotatable bonds is 6. The van der Waals surface area contributed by atoms with Crippen LogP contribution in [0.5, 0.6) is 5.75 Å². The lowest BCUT2D eigenvalue weighted by Crippen LogP contribution is -2.18. The Morgan fingerprint density at radius 2 is 1.88 bits per heavy atom. The van der Waals surface area contributed by atoms with Crippen molar-refractivity contribution >= 4 is 0 Å². The van der Waals surface area contributed by atoms with Crippen LogP contribution < -0.4 is 10.1 Å². The van der Waals surface area contributed by atoms with Crippen LogP contribution in [0.3, 0.4) is 0 Å². The Morgan fingerprint density at radius 1 is 1.24 bits per heavy atom. The molecular formula is C15H23NO. The van der Waals surface area contributed by atoms with Crippen molar-refractivity contribution < 1.29 is 4.74 Å². The van der Waals surface area contributed by atoms with Crippen molar-refractivity contribution in [1.82, 2.24) is 5.32 Å². The lowest BCUT2D eigenvalue weighted by atomic mass is 9.97. The molecule has 0 amide bonds. The number of ether oxygens (including phenoxy) is 1. The zero-order valence-electron chi connectivity index (χ0n) is 11.1. The molecular weight excluding hydrogens is 210 g/mol. The van der Waals surface area contributed by atoms with E-state index >= 15 is 0 Å². The van der Waals surface area contributed by atoms with Crippen LogP contribution in [0.2, 0.25) is 0 Å². The second-order valence-electron chi connectivity index (χ2n) is 5.36. The lowest BCUT2D eigenvalue weighted by molar-refractivity contribution is 0.303. The monoisotopic (exact) mass is 233 g/mol. The standard InChI is InChI=1S/C15H23NO/c1-11(2)10-15(16-3)12-4-6-13(7-5-12)17-14-8-9-14/h4-7,11,14-16H,8-10H2,1-3H3. The quantitative estimate of drug-likeness (QED) is 0.811. The van der Waals surface area contributed by atoms with Crippen molar-refractivity contribution in [3.8, 4) is 5.75 Å². The average Bonchev–Trinajstić information content (AvgIpc) is 3.11. The third-order valence-electron chi connectivity index (χ3n) is 3.17. The maximum absolute atomic E-state index is 5.75. The van der Waals surface area contributed by atoms with Crippen molar-refractivity contribution in [1.29, 1.82) is 0 Å². The van der Waals surface area contributed by atoms with Gasteiger partial charge in [0.2, 0.25) is 0 Å². The molecule has 2 nitrogen and oxygen atoms in total. The summed E-state index contributed by atoms with van der Waals surface area (Å²) < 4.78 is 5.75. The number of hydrogen-bond acceptors (Lipinski definition) is 2. The summed E-state index contributed by atoms with van der Waals surface area (Å²) in [6.07, 6.45) is 4.08. The minimum absolute atomic E-state index is 0.449. The third-order valence-corrected chi connectivity index (χ3v) is 3.17. The lowest BCUT2D eigenvalue weighted by Gasteiger charge is -2.19. The summed E-state index contributed by atoms with van der Waals surface area (Å²) in [5.41, 5.74) is 1.35. The van der Waals surface area contributed by atoms with E-state index in [0.29, 0.717) is 18.1 Å². The first kappa shape index (κ1) is 12.4. The first-order valence-electron chi connectivity index (χ1n) is 6.63. The van der Waals surface area contributed by atoms with Crippen molar-refractivity contribution in [2.24, 2.45) is 5.92 Å². The maximum Gasteiger partial charge on any atom is 0.119 e. The molecule has 0 heterocycles. The van der Waals surface area contributed by atoms with E-state index in [9.17, 15) is 0 Å². The molecule has 0 aromatic heterocycles. The van der Waals surface area contributed by atoms with Crippen LogP contribution >= 0.6 is 0 Å². The van der Waals surface area contributed by atoms with E-state index in [2.05, 4.69) is 43.4 Å². The molecule has 0 saturated heterocycles. The van der Waals surface area contributed by atoms with E-state index < -0.39 is 0 Å². The molecule has 2 heteroatoms. The smallest absolute Gasteiger partial charge is 0.119 e. The van der Waals surface area contributed by atoms with Gasteiger partial charge in [-0.3, -0.25) is 0 Å². The summed E-state index contributed by atoms with van der Waals surface area (Å²) in [5.74, 6) is 1.71. The third kappa shape index (κ3) is 3.74. The minimum Gasteiger partial charge on any atom is -0.490 e. The molecule has 1 aromatic carbocycles. The van der Waals surface area contributed by atoms with Crippen LogP contribution in [0.25, 0.3) is 0 Å². The van der Waals surface area contributed by atoms with Crippen LogP contribution in [0.15, 0.2) is 24.3 Å². The maximum atomic E-state index is 5.75. The van der Waals surface area contributed by atoms with Crippen LogP contribution in [0, 0.1) is 5.92 Å². The Labute approximate surface area is 104 Å². The van der Waals surface area contributed by atoms with Gasteiger partial charge in [-0.25, -0.2) is 0 Å². The summed E-state index contributed by atoms with van der Waals surface area (Å²) in [5, 5.41) is 3.38. The molecule has 1 aliphatic rings. The fourth-order valence-electron chi connectivity index (χ4n) is 2.05. The first-order valence-corrected chi connectivity index (χ1v) is 6.63. The van der Waals surface area contributed by atoms with Gasteiger partial charge in [0.15, 0.2) is 0 Å². The Kier molecular flexibility index (Phi) is 4.06. The fraction of sp³-hybridized carbons (Fsp3) is 0.600. The van der Waals surface area contributed by atoms with Crippen molar-refractivity contribution in [2.75, 3.05) is 7.05 Å². The van der Waals surface area contributed by atoms with Crippen molar-refractivity contribution in [3.63, 3.8) is 0 Å². The molecule has 94 valence electrons. The summed E-state index contributed by atoms with van der Waals surface area (Å²) in [6, 6.07) is 9.00. The summed E-state index contributed by atoms with van der Waals surface area (Å²) in [6.45, 7) is 4.52. The zero-order valence-corrected chi connectivity index (χ0v) is 11.1. The highest BCUT2D eigenvalue weighted by Gasteiger charge is 2.23. The van der Waals surface area contributed by atoms with E-state index in [4.69, 9.17) is 4.74 Å². The van der Waals surface area contributed by atoms with Gasteiger partial charge in [-0.15, -0.1) is 0 Å². The molecule has 0 aliphatic heterocycles. The molecule has 2 rings (SSSR count). The van der Waals surface area contributed by atoms with Gasteiger partial charge in [-0.05, 0) is 49.9 Å². The van der Waals surface area contributed by atoms with E-state index in [1.54, 1.807) is 0 Å². The summed E-state index contributed by atoms with van der Waals surface area (Å²) >= 11 is 0. The Hall–Kier alpha value is -1.02. The Balaban J connectivity index is 1.98. The van der Waals surface area contributed by atoms with Gasteiger partial charge in [-0.2, -0.15) is 0 Å². The molecule has 0 radical (unpaired) electrons. The van der Waals surface area contributed by atoms with Crippen LogP contribution in [-0.4, -0.2) is 13.2 Å². The molecule has 1 N–H and O–H groups in total. The predicted molar refractivity (Wildman–Crippen MR) is 71.3 cm³/mol. The summed E-state index contributed by atoms with van der Waals surface area (Å²) in [4.78, 5) is 0. The normalized spacial score (nSPS) is 17.2. The van der Waals surface area contributed by atoms with Gasteiger partial charge in [0.25, 0.3) is 0 Å². The highest BCUT2D eigenvalue weighted by Crippen LogP contribution is 2.28. The van der Waals surface area contributed by atoms with Crippen molar-refractivity contribution in [3.05, 3.63) is 29.8 Å². The molecule has 1 fully saturated rings. The largest absolute Gasteiger partial charge is 0.490 e. The second-order valence-corrected chi connectivity index (χ2v) is 5.36. The van der Waals surface area contributed by atoms with E-state index in [0.717, 1.165) is 5.75 Å². The van der Waals surface area contributed by atoms with Gasteiger partial charge in [0.05, 0.1) is 6.10 Å². The topological polar surface area (TPSA) is 21.3 Å². The molecule has 1 atom stereocenters. The number of benzene rings is 1. The Morgan fingerprint density at radius 3 is 2.35 bits per heavy atom. The fourth-order valence-corrected chi connectivity index (χ4v) is 2.05. The van der Waals surface area contributed by atoms with Gasteiger partial charge >= 0.3 is 0 Å². The molecule has 0 spiro atoms. The molecule has 17 heavy (non-hydrogen) atoms. The van der Waals surface area contributed by atoms with Crippen LogP contribution in [0.1, 0.15) is 44.7 Å². The highest BCUT2D eigenvalue weighted by molar-refractivity contribution is 5.29. The van der Waals surface area contributed by atoms with Crippen LogP contribution in [-0.2, 0) is 0 Å². The van der Waals surface area contributed by atoms with Gasteiger partial charge in [0.1, 0.15) is 5.75 Å². The zero-order chi connectivity index (χ0) is 12.3. The second kappa shape index (κ2) is 5.54. The Bertz CT molecular complexity index is 340. The van der Waals surface area contributed by atoms with Gasteiger partial charge in [-0.1, -0.05) is 26.0 Å². The SMILES string of the molecule is CNC(CC(C)C)c1ccc(OC2CC2)cc1. The first-order chi connectivity index (χ1) is 8.19. The number of hydrogen-bond donors (Lipinski definition) is 1. The molecule has 1 aliphatic carbocycles. The molecule has 1 unspecified atom stereocenters. The minimum atomic E-state index is 0.449. The van der Waals surface area contributed by atoms with E-state index in [1.165, 1.54) is 24.8 Å². The molecule has 1 aromatic rings. The number of nitrogens with one attached hydrogen (secondary N) is 1. The van der Waals surface area contributed by atoms with Gasteiger partial charge in [0, 0.05) is 6.04 Å². The van der Waals surface area contributed by atoms with E-state index in [-0.39, 0.29) is 0 Å². The van der Waals surface area contributed by atoms with Gasteiger partial charge < -0.3 is 10.1 Å². The molecule has 1 saturated carbocycles. The molecule has 0 bridgehead atoms. The van der Waals surface area contributed by atoms with E-state index in [1.807, 2.05) is 7.05 Å².